The zero-order valence-corrected chi connectivity index (χ0v) is 13.6. The van der Waals surface area contributed by atoms with Gasteiger partial charge in [0.15, 0.2) is 0 Å². The first-order valence-electron chi connectivity index (χ1n) is 8.10. The van der Waals surface area contributed by atoms with Crippen molar-refractivity contribution in [2.75, 3.05) is 26.2 Å². The van der Waals surface area contributed by atoms with Gasteiger partial charge < -0.3 is 10.2 Å². The van der Waals surface area contributed by atoms with E-state index >= 15 is 0 Å². The van der Waals surface area contributed by atoms with Gasteiger partial charge in [0.25, 0.3) is 0 Å². The smallest absolute Gasteiger partial charge is 0.246 e. The maximum absolute atomic E-state index is 12.5. The molecule has 1 amide bonds. The fraction of sp³-hybridized carbons (Fsp3) is 0.500. The Morgan fingerprint density at radius 3 is 2.73 bits per heavy atom. The lowest BCUT2D eigenvalue weighted by Crippen LogP contribution is -2.52. The van der Waals surface area contributed by atoms with Gasteiger partial charge in [-0.15, -0.1) is 0 Å². The minimum absolute atomic E-state index is 0.125. The molecule has 1 spiro atoms. The van der Waals surface area contributed by atoms with Crippen LogP contribution in [0.5, 0.6) is 0 Å². The van der Waals surface area contributed by atoms with Gasteiger partial charge in [-0.1, -0.05) is 23.7 Å². The largest absolute Gasteiger partial charge is 0.339 e. The van der Waals surface area contributed by atoms with Gasteiger partial charge in [-0.3, -0.25) is 4.79 Å². The molecule has 0 bridgehead atoms. The van der Waals surface area contributed by atoms with Crippen LogP contribution in [-0.4, -0.2) is 37.0 Å². The summed E-state index contributed by atoms with van der Waals surface area (Å²) in [6.07, 6.45) is 8.39. The quantitative estimate of drug-likeness (QED) is 0.848. The van der Waals surface area contributed by atoms with Crippen LogP contribution in [0.4, 0.5) is 0 Å². The average molecular weight is 319 g/mol. The molecule has 3 nitrogen and oxygen atoms in total. The number of piperidine rings is 2. The summed E-state index contributed by atoms with van der Waals surface area (Å²) in [5.41, 5.74) is 1.31. The summed E-state index contributed by atoms with van der Waals surface area (Å²) < 4.78 is 0. The molecule has 0 radical (unpaired) electrons. The molecule has 0 aliphatic carbocycles. The van der Waals surface area contributed by atoms with Crippen molar-refractivity contribution < 1.29 is 4.79 Å². The van der Waals surface area contributed by atoms with Crippen LogP contribution in [0, 0.1) is 5.41 Å². The molecule has 1 aromatic carbocycles. The molecule has 2 aliphatic heterocycles. The second-order valence-corrected chi connectivity index (χ2v) is 6.96. The Balaban J connectivity index is 1.63. The highest BCUT2D eigenvalue weighted by Gasteiger charge is 2.37. The number of rotatable bonds is 2. The minimum Gasteiger partial charge on any atom is -0.339 e. The summed E-state index contributed by atoms with van der Waals surface area (Å²) in [6, 6.07) is 7.54. The normalized spacial score (nSPS) is 25.8. The lowest BCUT2D eigenvalue weighted by atomic mass is 9.74. The van der Waals surface area contributed by atoms with Crippen LogP contribution in [0.15, 0.2) is 30.3 Å². The molecule has 2 heterocycles. The molecule has 1 N–H and O–H groups in total. The maximum Gasteiger partial charge on any atom is 0.246 e. The van der Waals surface area contributed by atoms with E-state index in [0.717, 1.165) is 38.2 Å². The van der Waals surface area contributed by atoms with Crippen molar-refractivity contribution in [2.24, 2.45) is 5.41 Å². The highest BCUT2D eigenvalue weighted by atomic mass is 35.5. The second-order valence-electron chi connectivity index (χ2n) is 6.53. The second kappa shape index (κ2) is 6.84. The first-order valence-corrected chi connectivity index (χ1v) is 8.48. The Bertz CT molecular complexity index is 541. The third kappa shape index (κ3) is 3.71. The summed E-state index contributed by atoms with van der Waals surface area (Å²) in [5.74, 6) is 0.125. The van der Waals surface area contributed by atoms with Crippen LogP contribution < -0.4 is 5.32 Å². The van der Waals surface area contributed by atoms with E-state index in [2.05, 4.69) is 5.32 Å². The van der Waals surface area contributed by atoms with Crippen LogP contribution in [0.2, 0.25) is 5.02 Å². The van der Waals surface area contributed by atoms with Gasteiger partial charge in [0.2, 0.25) is 5.91 Å². The van der Waals surface area contributed by atoms with E-state index in [1.165, 1.54) is 19.3 Å². The number of hydrogen-bond donors (Lipinski definition) is 1. The number of halogens is 1. The first kappa shape index (κ1) is 15.6. The predicted molar refractivity (Wildman–Crippen MR) is 90.8 cm³/mol. The molecule has 0 aromatic heterocycles. The number of hydrogen-bond acceptors (Lipinski definition) is 2. The van der Waals surface area contributed by atoms with E-state index < -0.39 is 0 Å². The maximum atomic E-state index is 12.5. The highest BCUT2D eigenvalue weighted by Crippen LogP contribution is 2.35. The molecule has 1 unspecified atom stereocenters. The third-order valence-corrected chi connectivity index (χ3v) is 5.07. The number of carbonyl (C=O) groups excluding carboxylic acids is 1. The van der Waals surface area contributed by atoms with Crippen LogP contribution in [0.1, 0.15) is 31.2 Å². The van der Waals surface area contributed by atoms with Crippen molar-refractivity contribution >= 4 is 23.6 Å². The highest BCUT2D eigenvalue weighted by molar-refractivity contribution is 6.30. The first-order chi connectivity index (χ1) is 10.7. The molecule has 2 fully saturated rings. The molecule has 0 saturated carbocycles. The van der Waals surface area contributed by atoms with Crippen LogP contribution in [0.3, 0.4) is 0 Å². The Morgan fingerprint density at radius 1 is 1.23 bits per heavy atom. The fourth-order valence-electron chi connectivity index (χ4n) is 3.62. The van der Waals surface area contributed by atoms with Gasteiger partial charge in [-0.2, -0.15) is 0 Å². The van der Waals surface area contributed by atoms with Gasteiger partial charge in [-0.25, -0.2) is 0 Å². The van der Waals surface area contributed by atoms with Crippen molar-refractivity contribution in [1.29, 1.82) is 0 Å². The number of carbonyl (C=O) groups is 1. The number of likely N-dealkylation sites (tertiary alicyclic amines) is 1. The molecule has 2 saturated heterocycles. The summed E-state index contributed by atoms with van der Waals surface area (Å²) in [7, 11) is 0. The topological polar surface area (TPSA) is 32.3 Å². The Morgan fingerprint density at radius 2 is 2.00 bits per heavy atom. The Kier molecular flexibility index (Phi) is 4.84. The third-order valence-electron chi connectivity index (χ3n) is 4.82. The van der Waals surface area contributed by atoms with Gasteiger partial charge in [-0.05, 0) is 56.0 Å². The molecule has 3 rings (SSSR count). The summed E-state index contributed by atoms with van der Waals surface area (Å²) >= 11 is 5.87. The summed E-state index contributed by atoms with van der Waals surface area (Å²) in [5, 5.41) is 4.21. The van der Waals surface area contributed by atoms with Crippen molar-refractivity contribution in [3.8, 4) is 0 Å². The monoisotopic (exact) mass is 318 g/mol. The van der Waals surface area contributed by atoms with E-state index in [0.29, 0.717) is 10.4 Å². The molecule has 1 atom stereocenters. The van der Waals surface area contributed by atoms with E-state index in [4.69, 9.17) is 11.6 Å². The van der Waals surface area contributed by atoms with Gasteiger partial charge in [0.05, 0.1) is 0 Å². The van der Waals surface area contributed by atoms with Crippen molar-refractivity contribution in [3.05, 3.63) is 40.9 Å². The fourth-order valence-corrected chi connectivity index (χ4v) is 3.75. The molecule has 1 aromatic rings. The van der Waals surface area contributed by atoms with Crippen molar-refractivity contribution in [2.45, 2.75) is 25.7 Å². The molecule has 4 heteroatoms. The average Bonchev–Trinajstić information content (AvgIpc) is 2.55. The van der Waals surface area contributed by atoms with Crippen LogP contribution in [-0.2, 0) is 4.79 Å². The van der Waals surface area contributed by atoms with Crippen LogP contribution in [0.25, 0.3) is 6.08 Å². The zero-order chi connectivity index (χ0) is 15.4. The van der Waals surface area contributed by atoms with E-state index in [1.54, 1.807) is 6.08 Å². The number of nitrogens with zero attached hydrogens (tertiary/aromatic N) is 1. The predicted octanol–water partition coefficient (Wildman–Crippen LogP) is 3.35. The number of amides is 1. The van der Waals surface area contributed by atoms with E-state index in [9.17, 15) is 4.79 Å². The molecular weight excluding hydrogens is 296 g/mol. The van der Waals surface area contributed by atoms with Crippen molar-refractivity contribution in [3.63, 3.8) is 0 Å². The molecule has 22 heavy (non-hydrogen) atoms. The van der Waals surface area contributed by atoms with Gasteiger partial charge in [0.1, 0.15) is 0 Å². The summed E-state index contributed by atoms with van der Waals surface area (Å²) in [6.45, 7) is 3.94. The van der Waals surface area contributed by atoms with Crippen LogP contribution >= 0.6 is 11.6 Å². The van der Waals surface area contributed by atoms with E-state index in [1.807, 2.05) is 35.2 Å². The number of nitrogens with one attached hydrogen (secondary N) is 1. The SMILES string of the molecule is O=C(/C=C/c1ccc(Cl)cc1)N1CCCC2(CCCNC2)C1. The standard InChI is InChI=1S/C18H23ClN2O/c19-16-6-3-15(4-7-16)5-8-17(22)21-12-2-10-18(14-21)9-1-11-20-13-18/h3-8,20H,1-2,9-14H2/b8-5+. The minimum atomic E-state index is 0.125. The number of benzene rings is 1. The zero-order valence-electron chi connectivity index (χ0n) is 12.9. The molecular formula is C18H23ClN2O. The molecule has 118 valence electrons. The van der Waals surface area contributed by atoms with Gasteiger partial charge >= 0.3 is 0 Å². The van der Waals surface area contributed by atoms with E-state index in [-0.39, 0.29) is 5.91 Å². The van der Waals surface area contributed by atoms with Crippen molar-refractivity contribution in [1.82, 2.24) is 10.2 Å². The Hall–Kier alpha value is -1.32. The lowest BCUT2D eigenvalue weighted by molar-refractivity contribution is -0.129. The Labute approximate surface area is 137 Å². The molecule has 2 aliphatic rings. The lowest BCUT2D eigenvalue weighted by Gasteiger charge is -2.45. The summed E-state index contributed by atoms with van der Waals surface area (Å²) in [4.78, 5) is 14.5. The van der Waals surface area contributed by atoms with Gasteiger partial charge in [0, 0.05) is 36.1 Å².